The second-order valence-electron chi connectivity index (χ2n) is 6.74. The number of aromatic nitrogens is 2. The number of rotatable bonds is 4. The highest BCUT2D eigenvalue weighted by atomic mass is 16.6. The molecule has 27 heavy (non-hydrogen) atoms. The third-order valence-electron chi connectivity index (χ3n) is 4.82. The normalized spacial score (nSPS) is 14.2. The predicted molar refractivity (Wildman–Crippen MR) is 107 cm³/mol. The van der Waals surface area contributed by atoms with Crippen LogP contribution in [0.3, 0.4) is 0 Å². The van der Waals surface area contributed by atoms with Gasteiger partial charge >= 0.3 is 6.09 Å². The van der Waals surface area contributed by atoms with E-state index in [2.05, 4.69) is 35.1 Å². The number of amides is 1. The Morgan fingerprint density at radius 2 is 1.89 bits per heavy atom. The molecule has 1 aromatic carbocycles. The minimum atomic E-state index is -0.242. The van der Waals surface area contributed by atoms with Gasteiger partial charge < -0.3 is 19.9 Å². The Morgan fingerprint density at radius 3 is 2.59 bits per heavy atom. The van der Waals surface area contributed by atoms with E-state index in [1.54, 1.807) is 4.90 Å². The number of piperazine rings is 1. The first-order chi connectivity index (χ1) is 13.0. The SMILES string of the molecule is CCOC(=O)N1CCN(c2cc(C)nc(Nc3cccc(C)c3C)n2)CC1. The second-order valence-corrected chi connectivity index (χ2v) is 6.74. The quantitative estimate of drug-likeness (QED) is 0.890. The van der Waals surface area contributed by atoms with E-state index in [0.717, 1.165) is 30.3 Å². The fourth-order valence-electron chi connectivity index (χ4n) is 3.11. The fourth-order valence-corrected chi connectivity index (χ4v) is 3.11. The van der Waals surface area contributed by atoms with Gasteiger partial charge in [0.25, 0.3) is 0 Å². The van der Waals surface area contributed by atoms with Crippen molar-refractivity contribution in [3.63, 3.8) is 0 Å². The van der Waals surface area contributed by atoms with Crippen molar-refractivity contribution in [3.05, 3.63) is 41.1 Å². The first kappa shape index (κ1) is 18.9. The van der Waals surface area contributed by atoms with Crippen LogP contribution in [0.15, 0.2) is 24.3 Å². The summed E-state index contributed by atoms with van der Waals surface area (Å²) in [4.78, 5) is 25.0. The molecule has 2 aromatic rings. The summed E-state index contributed by atoms with van der Waals surface area (Å²) < 4.78 is 5.08. The summed E-state index contributed by atoms with van der Waals surface area (Å²) in [5, 5.41) is 3.34. The van der Waals surface area contributed by atoms with E-state index in [9.17, 15) is 4.79 Å². The Balaban J connectivity index is 1.73. The van der Waals surface area contributed by atoms with E-state index < -0.39 is 0 Å². The zero-order valence-electron chi connectivity index (χ0n) is 16.5. The van der Waals surface area contributed by atoms with E-state index in [-0.39, 0.29) is 6.09 Å². The van der Waals surface area contributed by atoms with Crippen molar-refractivity contribution in [2.45, 2.75) is 27.7 Å². The highest BCUT2D eigenvalue weighted by Crippen LogP contribution is 2.23. The maximum Gasteiger partial charge on any atom is 0.409 e. The highest BCUT2D eigenvalue weighted by Gasteiger charge is 2.23. The van der Waals surface area contributed by atoms with Crippen molar-refractivity contribution in [3.8, 4) is 0 Å². The van der Waals surface area contributed by atoms with Crippen LogP contribution in [0.1, 0.15) is 23.7 Å². The molecule has 7 nitrogen and oxygen atoms in total. The molecule has 2 heterocycles. The number of nitrogens with one attached hydrogen (secondary N) is 1. The number of carbonyl (C=O) groups excluding carboxylic acids is 1. The number of ether oxygens (including phenoxy) is 1. The second kappa shape index (κ2) is 8.24. The lowest BCUT2D eigenvalue weighted by Gasteiger charge is -2.34. The van der Waals surface area contributed by atoms with Gasteiger partial charge in [-0.25, -0.2) is 9.78 Å². The maximum absolute atomic E-state index is 11.9. The summed E-state index contributed by atoms with van der Waals surface area (Å²) in [5.74, 6) is 1.46. The fraction of sp³-hybridized carbons (Fsp3) is 0.450. The Hall–Kier alpha value is -2.83. The molecule has 144 valence electrons. The average Bonchev–Trinajstić information content (AvgIpc) is 2.65. The minimum absolute atomic E-state index is 0.242. The van der Waals surface area contributed by atoms with E-state index in [1.165, 1.54) is 11.1 Å². The molecular weight excluding hydrogens is 342 g/mol. The van der Waals surface area contributed by atoms with E-state index in [0.29, 0.717) is 25.6 Å². The van der Waals surface area contributed by atoms with Crippen LogP contribution in [0.5, 0.6) is 0 Å². The van der Waals surface area contributed by atoms with Gasteiger partial charge in [0.1, 0.15) is 5.82 Å². The van der Waals surface area contributed by atoms with Gasteiger partial charge in [0.15, 0.2) is 0 Å². The van der Waals surface area contributed by atoms with Crippen molar-refractivity contribution in [2.75, 3.05) is 43.0 Å². The van der Waals surface area contributed by atoms with Gasteiger partial charge in [-0.05, 0) is 44.9 Å². The molecule has 0 atom stereocenters. The molecule has 0 saturated carbocycles. The van der Waals surface area contributed by atoms with E-state index >= 15 is 0 Å². The monoisotopic (exact) mass is 369 g/mol. The van der Waals surface area contributed by atoms with Crippen molar-refractivity contribution in [1.82, 2.24) is 14.9 Å². The van der Waals surface area contributed by atoms with Crippen LogP contribution in [-0.4, -0.2) is 53.7 Å². The standard InChI is InChI=1S/C20H27N5O2/c1-5-27-20(26)25-11-9-24(10-12-25)18-13-15(3)21-19(23-18)22-17-8-6-7-14(2)16(17)4/h6-8,13H,5,9-12H2,1-4H3,(H,21,22,23). The molecule has 7 heteroatoms. The molecule has 1 saturated heterocycles. The van der Waals surface area contributed by atoms with Gasteiger partial charge in [-0.1, -0.05) is 12.1 Å². The third kappa shape index (κ3) is 4.48. The zero-order chi connectivity index (χ0) is 19.4. The van der Waals surface area contributed by atoms with Gasteiger partial charge in [0, 0.05) is 43.6 Å². The number of carbonyl (C=O) groups is 1. The van der Waals surface area contributed by atoms with Crippen molar-refractivity contribution in [2.24, 2.45) is 0 Å². The molecule has 1 aliphatic rings. The molecule has 0 radical (unpaired) electrons. The first-order valence-electron chi connectivity index (χ1n) is 9.33. The number of benzene rings is 1. The molecule has 1 aromatic heterocycles. The van der Waals surface area contributed by atoms with Crippen LogP contribution < -0.4 is 10.2 Å². The van der Waals surface area contributed by atoms with Crippen molar-refractivity contribution >= 4 is 23.5 Å². The lowest BCUT2D eigenvalue weighted by atomic mass is 10.1. The van der Waals surface area contributed by atoms with Crippen LogP contribution in [0.25, 0.3) is 0 Å². The van der Waals surface area contributed by atoms with Crippen molar-refractivity contribution in [1.29, 1.82) is 0 Å². The van der Waals surface area contributed by atoms with Crippen LogP contribution in [0, 0.1) is 20.8 Å². The average molecular weight is 369 g/mol. The van der Waals surface area contributed by atoms with Gasteiger partial charge in [-0.2, -0.15) is 4.98 Å². The topological polar surface area (TPSA) is 70.6 Å². The molecular formula is C20H27N5O2. The predicted octanol–water partition coefficient (Wildman–Crippen LogP) is 3.42. The lowest BCUT2D eigenvalue weighted by molar-refractivity contribution is 0.105. The molecule has 1 fully saturated rings. The Bertz CT molecular complexity index is 816. The molecule has 0 bridgehead atoms. The summed E-state index contributed by atoms with van der Waals surface area (Å²) >= 11 is 0. The van der Waals surface area contributed by atoms with Gasteiger partial charge in [-0.15, -0.1) is 0 Å². The van der Waals surface area contributed by atoms with E-state index in [1.807, 2.05) is 32.0 Å². The van der Waals surface area contributed by atoms with Gasteiger partial charge in [0.05, 0.1) is 6.61 Å². The number of hydrogen-bond acceptors (Lipinski definition) is 6. The van der Waals surface area contributed by atoms with Crippen LogP contribution >= 0.6 is 0 Å². The van der Waals surface area contributed by atoms with Crippen LogP contribution in [0.4, 0.5) is 22.2 Å². The summed E-state index contributed by atoms with van der Waals surface area (Å²) in [5.41, 5.74) is 4.33. The summed E-state index contributed by atoms with van der Waals surface area (Å²) in [6.45, 7) is 11.1. The molecule has 0 aliphatic carbocycles. The minimum Gasteiger partial charge on any atom is -0.450 e. The number of anilines is 3. The molecule has 1 N–H and O–H groups in total. The lowest BCUT2D eigenvalue weighted by Crippen LogP contribution is -2.49. The van der Waals surface area contributed by atoms with Gasteiger partial charge in [-0.3, -0.25) is 0 Å². The Labute approximate surface area is 160 Å². The Morgan fingerprint density at radius 1 is 1.15 bits per heavy atom. The molecule has 1 amide bonds. The largest absolute Gasteiger partial charge is 0.450 e. The van der Waals surface area contributed by atoms with Crippen LogP contribution in [0.2, 0.25) is 0 Å². The molecule has 0 spiro atoms. The maximum atomic E-state index is 11.9. The first-order valence-corrected chi connectivity index (χ1v) is 9.33. The molecule has 1 aliphatic heterocycles. The summed E-state index contributed by atoms with van der Waals surface area (Å²) in [6, 6.07) is 8.13. The highest BCUT2D eigenvalue weighted by molar-refractivity contribution is 5.68. The molecule has 0 unspecified atom stereocenters. The third-order valence-corrected chi connectivity index (χ3v) is 4.82. The number of aryl methyl sites for hydroxylation is 2. The van der Waals surface area contributed by atoms with Gasteiger partial charge in [0.2, 0.25) is 5.95 Å². The number of hydrogen-bond donors (Lipinski definition) is 1. The Kier molecular flexibility index (Phi) is 5.78. The molecule has 3 rings (SSSR count). The summed E-state index contributed by atoms with van der Waals surface area (Å²) in [7, 11) is 0. The smallest absolute Gasteiger partial charge is 0.409 e. The van der Waals surface area contributed by atoms with E-state index in [4.69, 9.17) is 9.72 Å². The summed E-state index contributed by atoms with van der Waals surface area (Å²) in [6.07, 6.45) is -0.242. The zero-order valence-corrected chi connectivity index (χ0v) is 16.5. The number of nitrogens with zero attached hydrogens (tertiary/aromatic N) is 4. The van der Waals surface area contributed by atoms with Crippen LogP contribution in [-0.2, 0) is 4.74 Å². The van der Waals surface area contributed by atoms with Crippen molar-refractivity contribution < 1.29 is 9.53 Å².